The van der Waals surface area contributed by atoms with Crippen LogP contribution in [0.25, 0.3) is 0 Å². The van der Waals surface area contributed by atoms with Crippen LogP contribution in [0.4, 0.5) is 0 Å². The summed E-state index contributed by atoms with van der Waals surface area (Å²) < 4.78 is 0. The van der Waals surface area contributed by atoms with E-state index in [1.165, 1.54) is 11.1 Å². The molecule has 2 fully saturated rings. The molecule has 32 heavy (non-hydrogen) atoms. The number of nitrogens with zero attached hydrogens (tertiary/aromatic N) is 4. The van der Waals surface area contributed by atoms with Gasteiger partial charge in [-0.2, -0.15) is 0 Å². The van der Waals surface area contributed by atoms with Gasteiger partial charge in [0.15, 0.2) is 5.96 Å². The SMILES string of the molecule is CCNC(=NCc1ccccc1CN1CCN(CC)CC1)N1CCCC(CC(N)=O)C1.I. The quantitative estimate of drug-likeness (QED) is 0.293. The van der Waals surface area contributed by atoms with E-state index in [1.807, 2.05) is 0 Å². The Labute approximate surface area is 210 Å². The smallest absolute Gasteiger partial charge is 0.217 e. The zero-order valence-corrected chi connectivity index (χ0v) is 22.1. The molecular formula is C24H41IN6O. The molecule has 0 spiro atoms. The van der Waals surface area contributed by atoms with Crippen LogP contribution in [0.1, 0.15) is 44.2 Å². The Bertz CT molecular complexity index is 735. The highest BCUT2D eigenvalue weighted by molar-refractivity contribution is 14.0. The van der Waals surface area contributed by atoms with E-state index in [2.05, 4.69) is 58.1 Å². The first-order chi connectivity index (χ1) is 15.1. The molecule has 7 nitrogen and oxygen atoms in total. The molecule has 3 rings (SSSR count). The summed E-state index contributed by atoms with van der Waals surface area (Å²) in [6.07, 6.45) is 2.60. The fourth-order valence-electron chi connectivity index (χ4n) is 4.66. The number of benzene rings is 1. The highest BCUT2D eigenvalue weighted by Crippen LogP contribution is 2.20. The molecule has 0 aliphatic carbocycles. The van der Waals surface area contributed by atoms with Crippen molar-refractivity contribution >= 4 is 35.8 Å². The van der Waals surface area contributed by atoms with Crippen LogP contribution in [0.2, 0.25) is 0 Å². The second-order valence-corrected chi connectivity index (χ2v) is 8.77. The van der Waals surface area contributed by atoms with E-state index in [1.54, 1.807) is 0 Å². The number of piperidine rings is 1. The molecule has 1 unspecified atom stereocenters. The van der Waals surface area contributed by atoms with E-state index < -0.39 is 0 Å². The molecule has 1 aromatic carbocycles. The average Bonchev–Trinajstić information content (AvgIpc) is 2.78. The molecule has 1 amide bonds. The van der Waals surface area contributed by atoms with Gasteiger partial charge in [0, 0.05) is 58.8 Å². The zero-order valence-electron chi connectivity index (χ0n) is 19.8. The predicted octanol–water partition coefficient (Wildman–Crippen LogP) is 2.50. The number of nitrogens with two attached hydrogens (primary N) is 1. The second-order valence-electron chi connectivity index (χ2n) is 8.77. The number of halogens is 1. The minimum Gasteiger partial charge on any atom is -0.370 e. The molecule has 1 aromatic rings. The van der Waals surface area contributed by atoms with Crippen LogP contribution >= 0.6 is 24.0 Å². The lowest BCUT2D eigenvalue weighted by atomic mass is 9.95. The van der Waals surface area contributed by atoms with Gasteiger partial charge < -0.3 is 20.9 Å². The lowest BCUT2D eigenvalue weighted by Crippen LogP contribution is -2.47. The Kier molecular flexibility index (Phi) is 11.7. The number of rotatable bonds is 8. The van der Waals surface area contributed by atoms with Gasteiger partial charge in [0.05, 0.1) is 6.54 Å². The predicted molar refractivity (Wildman–Crippen MR) is 142 cm³/mol. The number of guanidine groups is 1. The van der Waals surface area contributed by atoms with Crippen molar-refractivity contribution in [3.8, 4) is 0 Å². The second kappa shape index (κ2) is 14.0. The van der Waals surface area contributed by atoms with E-state index in [-0.39, 0.29) is 29.9 Å². The summed E-state index contributed by atoms with van der Waals surface area (Å²) in [5.41, 5.74) is 8.10. The molecule has 2 heterocycles. The van der Waals surface area contributed by atoms with Crippen LogP contribution in [-0.4, -0.2) is 78.9 Å². The van der Waals surface area contributed by atoms with E-state index in [0.29, 0.717) is 18.9 Å². The highest BCUT2D eigenvalue weighted by Gasteiger charge is 2.23. The molecule has 3 N–H and O–H groups in total. The first kappa shape index (κ1) is 26.9. The van der Waals surface area contributed by atoms with Crippen LogP contribution in [0.3, 0.4) is 0 Å². The topological polar surface area (TPSA) is 77.2 Å². The summed E-state index contributed by atoms with van der Waals surface area (Å²) in [5.74, 6) is 1.06. The van der Waals surface area contributed by atoms with Gasteiger partial charge in [-0.05, 0) is 43.4 Å². The standard InChI is InChI=1S/C24H40N6O.HI/c1-3-26-24(30-11-7-8-20(18-30)16-23(25)31)27-17-21-9-5-6-10-22(21)19-29-14-12-28(4-2)13-15-29;/h5-6,9-10,20H,3-4,7-8,11-19H2,1-2H3,(H2,25,31)(H,26,27);1H. The van der Waals surface area contributed by atoms with E-state index in [0.717, 1.165) is 77.7 Å². The van der Waals surface area contributed by atoms with Gasteiger partial charge >= 0.3 is 0 Å². The average molecular weight is 557 g/mol. The number of amides is 1. The first-order valence-electron chi connectivity index (χ1n) is 11.9. The van der Waals surface area contributed by atoms with Gasteiger partial charge in [-0.3, -0.25) is 9.69 Å². The fraction of sp³-hybridized carbons (Fsp3) is 0.667. The molecule has 0 radical (unpaired) electrons. The van der Waals surface area contributed by atoms with E-state index >= 15 is 0 Å². The van der Waals surface area contributed by atoms with Crippen molar-refractivity contribution in [1.82, 2.24) is 20.0 Å². The van der Waals surface area contributed by atoms with Gasteiger partial charge in [-0.1, -0.05) is 31.2 Å². The largest absolute Gasteiger partial charge is 0.370 e. The van der Waals surface area contributed by atoms with Gasteiger partial charge in [0.25, 0.3) is 0 Å². The minimum atomic E-state index is -0.206. The van der Waals surface area contributed by atoms with Crippen molar-refractivity contribution in [3.63, 3.8) is 0 Å². The number of aliphatic imine (C=N–C) groups is 1. The maximum atomic E-state index is 11.4. The van der Waals surface area contributed by atoms with Crippen LogP contribution in [0.15, 0.2) is 29.3 Å². The van der Waals surface area contributed by atoms with E-state index in [9.17, 15) is 4.79 Å². The minimum absolute atomic E-state index is 0. The molecule has 0 saturated carbocycles. The van der Waals surface area contributed by atoms with Crippen LogP contribution in [-0.2, 0) is 17.9 Å². The number of nitrogens with one attached hydrogen (secondary N) is 1. The third kappa shape index (κ3) is 8.19. The van der Waals surface area contributed by atoms with Crippen LogP contribution < -0.4 is 11.1 Å². The molecule has 2 aliphatic heterocycles. The molecule has 2 saturated heterocycles. The summed E-state index contributed by atoms with van der Waals surface area (Å²) in [7, 11) is 0. The zero-order chi connectivity index (χ0) is 22.1. The first-order valence-corrected chi connectivity index (χ1v) is 11.9. The molecule has 1 atom stereocenters. The number of likely N-dealkylation sites (N-methyl/N-ethyl adjacent to an activating group) is 1. The van der Waals surface area contributed by atoms with E-state index in [4.69, 9.17) is 10.7 Å². The summed E-state index contributed by atoms with van der Waals surface area (Å²) in [6.45, 7) is 14.4. The number of carbonyl (C=O) groups excluding carboxylic acids is 1. The Morgan fingerprint density at radius 1 is 1.09 bits per heavy atom. The number of piperazine rings is 1. The van der Waals surface area contributed by atoms with Crippen molar-refractivity contribution in [3.05, 3.63) is 35.4 Å². The van der Waals surface area contributed by atoms with Crippen molar-refractivity contribution in [1.29, 1.82) is 0 Å². The fourth-order valence-corrected chi connectivity index (χ4v) is 4.66. The normalized spacial score (nSPS) is 20.6. The molecular weight excluding hydrogens is 515 g/mol. The van der Waals surface area contributed by atoms with Crippen LogP contribution in [0, 0.1) is 5.92 Å². The number of likely N-dealkylation sites (tertiary alicyclic amines) is 1. The number of hydrogen-bond acceptors (Lipinski definition) is 4. The monoisotopic (exact) mass is 556 g/mol. The summed E-state index contributed by atoms with van der Waals surface area (Å²) in [5, 5.41) is 3.45. The molecule has 8 heteroatoms. The number of primary amides is 1. The van der Waals surface area contributed by atoms with Crippen molar-refractivity contribution in [2.24, 2.45) is 16.6 Å². The molecule has 2 aliphatic rings. The van der Waals surface area contributed by atoms with Crippen molar-refractivity contribution < 1.29 is 4.79 Å². The lowest BCUT2D eigenvalue weighted by molar-refractivity contribution is -0.119. The maximum absolute atomic E-state index is 11.4. The van der Waals surface area contributed by atoms with Crippen LogP contribution in [0.5, 0.6) is 0 Å². The molecule has 180 valence electrons. The van der Waals surface area contributed by atoms with Gasteiger partial charge in [0.1, 0.15) is 0 Å². The molecule has 0 aromatic heterocycles. The Balaban J connectivity index is 0.00000363. The summed E-state index contributed by atoms with van der Waals surface area (Å²) in [4.78, 5) is 23.7. The Morgan fingerprint density at radius 3 is 2.44 bits per heavy atom. The number of carbonyl (C=O) groups is 1. The summed E-state index contributed by atoms with van der Waals surface area (Å²) in [6, 6.07) is 8.69. The Hall–Kier alpha value is -1.39. The number of hydrogen-bond donors (Lipinski definition) is 2. The summed E-state index contributed by atoms with van der Waals surface area (Å²) >= 11 is 0. The third-order valence-electron chi connectivity index (χ3n) is 6.47. The van der Waals surface area contributed by atoms with Crippen molar-refractivity contribution in [2.75, 3.05) is 52.4 Å². The van der Waals surface area contributed by atoms with Gasteiger partial charge in [-0.15, -0.1) is 24.0 Å². The van der Waals surface area contributed by atoms with Crippen molar-refractivity contribution in [2.45, 2.75) is 46.2 Å². The maximum Gasteiger partial charge on any atom is 0.217 e. The molecule has 0 bridgehead atoms. The lowest BCUT2D eigenvalue weighted by Gasteiger charge is -2.35. The van der Waals surface area contributed by atoms with Gasteiger partial charge in [0.2, 0.25) is 5.91 Å². The third-order valence-corrected chi connectivity index (χ3v) is 6.47. The highest BCUT2D eigenvalue weighted by atomic mass is 127. The Morgan fingerprint density at radius 2 is 1.78 bits per heavy atom. The van der Waals surface area contributed by atoms with Gasteiger partial charge in [-0.25, -0.2) is 4.99 Å².